The Morgan fingerprint density at radius 2 is 2.08 bits per heavy atom. The zero-order valence-electron chi connectivity index (χ0n) is 8.34. The molecule has 1 saturated heterocycles. The van der Waals surface area contributed by atoms with Gasteiger partial charge in [-0.05, 0) is 20.8 Å². The molecule has 0 aromatic rings. The van der Waals surface area contributed by atoms with E-state index >= 15 is 0 Å². The summed E-state index contributed by atoms with van der Waals surface area (Å²) >= 11 is 0. The third kappa shape index (κ3) is 2.73. The zero-order chi connectivity index (χ0) is 9.19. The maximum Gasteiger partial charge on any atom is 0.115 e. The van der Waals surface area contributed by atoms with E-state index in [-0.39, 0.29) is 0 Å². The Morgan fingerprint density at radius 1 is 1.42 bits per heavy atom. The van der Waals surface area contributed by atoms with E-state index < -0.39 is 5.72 Å². The minimum Gasteiger partial charge on any atom is -0.360 e. The molecule has 12 heavy (non-hydrogen) atoms. The second-order valence-electron chi connectivity index (χ2n) is 4.04. The number of nitrogens with zero attached hydrogens (tertiary/aromatic N) is 1. The highest BCUT2D eigenvalue weighted by Crippen LogP contribution is 2.14. The first-order valence-electron chi connectivity index (χ1n) is 4.68. The Balaban J connectivity index is 2.45. The highest BCUT2D eigenvalue weighted by atomic mass is 16.5. The fourth-order valence-corrected chi connectivity index (χ4v) is 1.46. The van der Waals surface area contributed by atoms with Gasteiger partial charge in [0.2, 0.25) is 0 Å². The standard InChI is InChI=1S/C9H20N2O/c1-8(2)11-5-4-9(3,10)12-7-6-11/h8H,4-7,10H2,1-3H3. The van der Waals surface area contributed by atoms with Crippen molar-refractivity contribution < 1.29 is 4.74 Å². The van der Waals surface area contributed by atoms with Gasteiger partial charge in [-0.3, -0.25) is 4.90 Å². The van der Waals surface area contributed by atoms with Crippen LogP contribution in [0.5, 0.6) is 0 Å². The summed E-state index contributed by atoms with van der Waals surface area (Å²) in [7, 11) is 0. The molecule has 1 rings (SSSR count). The Hall–Kier alpha value is -0.120. The number of hydrogen-bond donors (Lipinski definition) is 1. The van der Waals surface area contributed by atoms with Gasteiger partial charge in [-0.25, -0.2) is 0 Å². The maximum absolute atomic E-state index is 5.89. The average Bonchev–Trinajstić information content (AvgIpc) is 2.10. The molecule has 0 spiro atoms. The van der Waals surface area contributed by atoms with Crippen LogP contribution in [0.3, 0.4) is 0 Å². The molecule has 0 bridgehead atoms. The van der Waals surface area contributed by atoms with Crippen LogP contribution in [0.2, 0.25) is 0 Å². The third-order valence-corrected chi connectivity index (χ3v) is 2.44. The first-order chi connectivity index (χ1) is 5.51. The van der Waals surface area contributed by atoms with Crippen molar-refractivity contribution >= 4 is 0 Å². The van der Waals surface area contributed by atoms with Crippen molar-refractivity contribution in [2.75, 3.05) is 19.7 Å². The Bertz CT molecular complexity index is 145. The van der Waals surface area contributed by atoms with E-state index in [0.717, 1.165) is 26.1 Å². The first kappa shape index (κ1) is 9.96. The second kappa shape index (κ2) is 3.73. The molecule has 72 valence electrons. The van der Waals surface area contributed by atoms with Crippen molar-refractivity contribution in [2.24, 2.45) is 5.73 Å². The highest BCUT2D eigenvalue weighted by molar-refractivity contribution is 4.75. The average molecular weight is 172 g/mol. The van der Waals surface area contributed by atoms with E-state index in [1.807, 2.05) is 6.92 Å². The number of rotatable bonds is 1. The molecule has 1 aliphatic rings. The van der Waals surface area contributed by atoms with Gasteiger partial charge in [0.25, 0.3) is 0 Å². The lowest BCUT2D eigenvalue weighted by molar-refractivity contribution is -0.0187. The van der Waals surface area contributed by atoms with E-state index in [4.69, 9.17) is 10.5 Å². The van der Waals surface area contributed by atoms with Crippen LogP contribution in [-0.4, -0.2) is 36.4 Å². The first-order valence-corrected chi connectivity index (χ1v) is 4.68. The van der Waals surface area contributed by atoms with Gasteiger partial charge in [-0.15, -0.1) is 0 Å². The van der Waals surface area contributed by atoms with Crippen LogP contribution in [0, 0.1) is 0 Å². The Morgan fingerprint density at radius 3 is 2.67 bits per heavy atom. The van der Waals surface area contributed by atoms with Crippen LogP contribution >= 0.6 is 0 Å². The lowest BCUT2D eigenvalue weighted by atomic mass is 10.2. The van der Waals surface area contributed by atoms with Crippen molar-refractivity contribution in [3.8, 4) is 0 Å². The summed E-state index contributed by atoms with van der Waals surface area (Å²) in [6.07, 6.45) is 0.922. The molecular formula is C9H20N2O. The SMILES string of the molecule is CC(C)N1CCOC(C)(N)CC1. The van der Waals surface area contributed by atoms with Crippen LogP contribution < -0.4 is 5.73 Å². The van der Waals surface area contributed by atoms with Crippen molar-refractivity contribution in [2.45, 2.75) is 39.0 Å². The predicted molar refractivity (Wildman–Crippen MR) is 49.9 cm³/mol. The van der Waals surface area contributed by atoms with Gasteiger partial charge in [-0.1, -0.05) is 0 Å². The molecule has 0 aliphatic carbocycles. The Kier molecular flexibility index (Phi) is 3.09. The summed E-state index contributed by atoms with van der Waals surface area (Å²) in [5.74, 6) is 0. The topological polar surface area (TPSA) is 38.5 Å². The molecule has 3 nitrogen and oxygen atoms in total. The number of nitrogens with two attached hydrogens (primary N) is 1. The summed E-state index contributed by atoms with van der Waals surface area (Å²) in [6.45, 7) is 9.18. The minimum atomic E-state index is -0.413. The quantitative estimate of drug-likeness (QED) is 0.635. The number of hydrogen-bond acceptors (Lipinski definition) is 3. The minimum absolute atomic E-state index is 0.413. The zero-order valence-corrected chi connectivity index (χ0v) is 8.34. The van der Waals surface area contributed by atoms with Crippen molar-refractivity contribution in [3.05, 3.63) is 0 Å². The van der Waals surface area contributed by atoms with Crippen LogP contribution in [0.1, 0.15) is 27.2 Å². The molecule has 1 aliphatic heterocycles. The van der Waals surface area contributed by atoms with Crippen LogP contribution in [0.15, 0.2) is 0 Å². The lowest BCUT2D eigenvalue weighted by Gasteiger charge is -2.24. The normalized spacial score (nSPS) is 33.8. The van der Waals surface area contributed by atoms with Crippen molar-refractivity contribution in [1.29, 1.82) is 0 Å². The van der Waals surface area contributed by atoms with Gasteiger partial charge in [0, 0.05) is 25.6 Å². The van der Waals surface area contributed by atoms with Crippen LogP contribution in [0.4, 0.5) is 0 Å². The largest absolute Gasteiger partial charge is 0.360 e. The summed E-state index contributed by atoms with van der Waals surface area (Å²) in [6, 6.07) is 0.600. The third-order valence-electron chi connectivity index (χ3n) is 2.44. The van der Waals surface area contributed by atoms with Gasteiger partial charge in [0.15, 0.2) is 0 Å². The van der Waals surface area contributed by atoms with Crippen LogP contribution in [-0.2, 0) is 4.74 Å². The Labute approximate surface area is 74.9 Å². The smallest absolute Gasteiger partial charge is 0.115 e. The van der Waals surface area contributed by atoms with E-state index in [1.165, 1.54) is 0 Å². The summed E-state index contributed by atoms with van der Waals surface area (Å²) in [4.78, 5) is 2.40. The van der Waals surface area contributed by atoms with Crippen molar-refractivity contribution in [1.82, 2.24) is 4.90 Å². The van der Waals surface area contributed by atoms with E-state index in [2.05, 4.69) is 18.7 Å². The highest BCUT2D eigenvalue weighted by Gasteiger charge is 2.24. The second-order valence-corrected chi connectivity index (χ2v) is 4.04. The molecule has 1 fully saturated rings. The molecule has 3 heteroatoms. The van der Waals surface area contributed by atoms with E-state index in [9.17, 15) is 0 Å². The molecule has 0 radical (unpaired) electrons. The van der Waals surface area contributed by atoms with Crippen molar-refractivity contribution in [3.63, 3.8) is 0 Å². The molecule has 0 amide bonds. The van der Waals surface area contributed by atoms with Gasteiger partial charge in [0.05, 0.1) is 6.61 Å². The monoisotopic (exact) mass is 172 g/mol. The molecule has 0 aromatic carbocycles. The molecule has 1 heterocycles. The molecule has 0 aromatic heterocycles. The van der Waals surface area contributed by atoms with Gasteiger partial charge < -0.3 is 10.5 Å². The fourth-order valence-electron chi connectivity index (χ4n) is 1.46. The summed E-state index contributed by atoms with van der Waals surface area (Å²) in [5.41, 5.74) is 5.48. The molecular weight excluding hydrogens is 152 g/mol. The van der Waals surface area contributed by atoms with E-state index in [1.54, 1.807) is 0 Å². The fraction of sp³-hybridized carbons (Fsp3) is 1.00. The molecule has 2 N–H and O–H groups in total. The van der Waals surface area contributed by atoms with Crippen LogP contribution in [0.25, 0.3) is 0 Å². The number of ether oxygens (including phenoxy) is 1. The van der Waals surface area contributed by atoms with E-state index in [0.29, 0.717) is 6.04 Å². The maximum atomic E-state index is 5.89. The molecule has 0 saturated carbocycles. The summed E-state index contributed by atoms with van der Waals surface area (Å²) in [5, 5.41) is 0. The summed E-state index contributed by atoms with van der Waals surface area (Å²) < 4.78 is 5.51. The van der Waals surface area contributed by atoms with Gasteiger partial charge >= 0.3 is 0 Å². The lowest BCUT2D eigenvalue weighted by Crippen LogP contribution is -2.40. The molecule has 1 unspecified atom stereocenters. The molecule has 1 atom stereocenters. The van der Waals surface area contributed by atoms with Gasteiger partial charge in [0.1, 0.15) is 5.72 Å². The van der Waals surface area contributed by atoms with Gasteiger partial charge in [-0.2, -0.15) is 0 Å². The predicted octanol–water partition coefficient (Wildman–Crippen LogP) is 0.792.